The summed E-state index contributed by atoms with van der Waals surface area (Å²) in [6.45, 7) is 10.6. The van der Waals surface area contributed by atoms with E-state index in [9.17, 15) is 14.7 Å². The molecule has 0 radical (unpaired) electrons. The Balaban J connectivity index is 2.18. The van der Waals surface area contributed by atoms with Crippen molar-refractivity contribution in [3.8, 4) is 5.75 Å². The highest BCUT2D eigenvalue weighted by Crippen LogP contribution is 2.44. The number of benzene rings is 1. The molecule has 1 aromatic carbocycles. The van der Waals surface area contributed by atoms with Crippen LogP contribution in [0.15, 0.2) is 29.2 Å². The number of methoxy groups -OCH3 is 1. The van der Waals surface area contributed by atoms with Gasteiger partial charge in [0.25, 0.3) is 11.7 Å². The van der Waals surface area contributed by atoms with E-state index in [4.69, 9.17) is 16.3 Å². The van der Waals surface area contributed by atoms with Crippen LogP contribution >= 0.6 is 22.9 Å². The second-order valence-corrected chi connectivity index (χ2v) is 9.17. The van der Waals surface area contributed by atoms with E-state index in [1.165, 1.54) is 18.4 Å². The van der Waals surface area contributed by atoms with E-state index in [1.807, 2.05) is 25.3 Å². The molecule has 1 aliphatic rings. The maximum absolute atomic E-state index is 13.2. The number of hydrogen-bond donors (Lipinski definition) is 1. The van der Waals surface area contributed by atoms with Crippen LogP contribution in [0.5, 0.6) is 5.75 Å². The van der Waals surface area contributed by atoms with E-state index in [2.05, 4.69) is 18.7 Å². The van der Waals surface area contributed by atoms with Crippen molar-refractivity contribution in [2.75, 3.05) is 33.3 Å². The lowest BCUT2D eigenvalue weighted by Crippen LogP contribution is -2.37. The van der Waals surface area contributed by atoms with Crippen molar-refractivity contribution in [2.24, 2.45) is 0 Å². The fourth-order valence-electron chi connectivity index (χ4n) is 4.09. The number of rotatable bonds is 8. The smallest absolute Gasteiger partial charge is 0.295 e. The highest BCUT2D eigenvalue weighted by molar-refractivity contribution is 7.10. The second kappa shape index (κ2) is 10.1. The largest absolute Gasteiger partial charge is 0.507 e. The standard InChI is InChI=1S/C24H29ClN2O4S/c1-6-26(7-2)9-10-27-19(23-15(4)8-11-32-23)18(21(29)24(27)30)20(28)16-12-14(3)13-17(25)22(16)31-5/h8,11-13,19,28H,6-7,9-10H2,1-5H3/b20-18+. The number of ether oxygens (including phenoxy) is 1. The fraction of sp³-hybridized carbons (Fsp3) is 0.417. The lowest BCUT2D eigenvalue weighted by molar-refractivity contribution is -0.140. The predicted molar refractivity (Wildman–Crippen MR) is 129 cm³/mol. The molecule has 1 fully saturated rings. The molecule has 1 unspecified atom stereocenters. The van der Waals surface area contributed by atoms with Crippen LogP contribution in [0.4, 0.5) is 0 Å². The van der Waals surface area contributed by atoms with Gasteiger partial charge in [0.2, 0.25) is 0 Å². The van der Waals surface area contributed by atoms with Crippen LogP contribution in [-0.2, 0) is 9.59 Å². The fourth-order valence-corrected chi connectivity index (χ4v) is 5.49. The Morgan fingerprint density at radius 3 is 2.50 bits per heavy atom. The SMILES string of the molecule is CCN(CC)CCN1C(=O)C(=O)/C(=C(/O)c2cc(C)cc(Cl)c2OC)C1c1sccc1C. The van der Waals surface area contributed by atoms with Gasteiger partial charge < -0.3 is 19.6 Å². The zero-order valence-electron chi connectivity index (χ0n) is 19.1. The Hall–Kier alpha value is -2.35. The zero-order valence-corrected chi connectivity index (χ0v) is 20.6. The van der Waals surface area contributed by atoms with Gasteiger partial charge in [0.1, 0.15) is 11.5 Å². The molecule has 1 amide bonds. The maximum atomic E-state index is 13.2. The Morgan fingerprint density at radius 2 is 1.94 bits per heavy atom. The van der Waals surface area contributed by atoms with Crippen LogP contribution in [0.3, 0.4) is 0 Å². The summed E-state index contributed by atoms with van der Waals surface area (Å²) in [7, 11) is 1.46. The summed E-state index contributed by atoms with van der Waals surface area (Å²) in [6.07, 6.45) is 0. The van der Waals surface area contributed by atoms with Gasteiger partial charge in [-0.15, -0.1) is 11.3 Å². The zero-order chi connectivity index (χ0) is 23.6. The number of Topliss-reactive ketones (excluding diaryl/α,β-unsaturated/α-hetero) is 1. The Morgan fingerprint density at radius 1 is 1.25 bits per heavy atom. The summed E-state index contributed by atoms with van der Waals surface area (Å²) in [5.74, 6) is -1.30. The van der Waals surface area contributed by atoms with Crippen molar-refractivity contribution in [3.63, 3.8) is 0 Å². The minimum absolute atomic E-state index is 0.0695. The van der Waals surface area contributed by atoms with Crippen LogP contribution in [0.25, 0.3) is 5.76 Å². The third kappa shape index (κ3) is 4.42. The molecule has 0 aliphatic carbocycles. The van der Waals surface area contributed by atoms with Crippen molar-refractivity contribution in [1.29, 1.82) is 0 Å². The van der Waals surface area contributed by atoms with E-state index in [-0.39, 0.29) is 17.1 Å². The molecule has 0 spiro atoms. The van der Waals surface area contributed by atoms with Gasteiger partial charge in [0, 0.05) is 18.0 Å². The number of amides is 1. The van der Waals surface area contributed by atoms with Gasteiger partial charge in [0.05, 0.1) is 29.3 Å². The van der Waals surface area contributed by atoms with Crippen molar-refractivity contribution in [3.05, 3.63) is 55.7 Å². The molecule has 0 saturated carbocycles. The Kier molecular flexibility index (Phi) is 7.64. The first kappa shape index (κ1) is 24.3. The molecule has 2 aromatic rings. The lowest BCUT2D eigenvalue weighted by atomic mass is 9.97. The summed E-state index contributed by atoms with van der Waals surface area (Å²) in [5.41, 5.74) is 2.14. The summed E-state index contributed by atoms with van der Waals surface area (Å²) in [4.78, 5) is 31.0. The summed E-state index contributed by atoms with van der Waals surface area (Å²) < 4.78 is 5.42. The van der Waals surface area contributed by atoms with Crippen molar-refractivity contribution in [2.45, 2.75) is 33.7 Å². The van der Waals surface area contributed by atoms with Gasteiger partial charge in [-0.25, -0.2) is 0 Å². The van der Waals surface area contributed by atoms with Crippen LogP contribution < -0.4 is 4.74 Å². The monoisotopic (exact) mass is 476 g/mol. The number of ketones is 1. The average Bonchev–Trinajstić information content (AvgIpc) is 3.28. The predicted octanol–water partition coefficient (Wildman–Crippen LogP) is 4.79. The van der Waals surface area contributed by atoms with E-state index >= 15 is 0 Å². The molecule has 6 nitrogen and oxygen atoms in total. The Labute approximate surface area is 198 Å². The number of likely N-dealkylation sites (N-methyl/N-ethyl adjacent to an activating group) is 1. The highest BCUT2D eigenvalue weighted by Gasteiger charge is 2.47. The minimum atomic E-state index is -0.695. The minimum Gasteiger partial charge on any atom is -0.507 e. The molecule has 8 heteroatoms. The van der Waals surface area contributed by atoms with Crippen LogP contribution in [0.1, 0.15) is 41.5 Å². The maximum Gasteiger partial charge on any atom is 0.295 e. The first-order chi connectivity index (χ1) is 15.2. The van der Waals surface area contributed by atoms with Gasteiger partial charge in [-0.3, -0.25) is 9.59 Å². The lowest BCUT2D eigenvalue weighted by Gasteiger charge is -2.28. The number of likely N-dealkylation sites (tertiary alicyclic amines) is 1. The Bertz CT molecular complexity index is 1060. The summed E-state index contributed by atoms with van der Waals surface area (Å²) in [5, 5.41) is 13.6. The molecule has 2 heterocycles. The normalized spacial score (nSPS) is 18.1. The number of hydrogen-bond acceptors (Lipinski definition) is 6. The molecular weight excluding hydrogens is 448 g/mol. The number of aliphatic hydroxyl groups is 1. The number of carbonyl (C=O) groups is 2. The van der Waals surface area contributed by atoms with E-state index < -0.39 is 17.7 Å². The number of aliphatic hydroxyl groups excluding tert-OH is 1. The molecule has 32 heavy (non-hydrogen) atoms. The second-order valence-electron chi connectivity index (χ2n) is 7.81. The summed E-state index contributed by atoms with van der Waals surface area (Å²) in [6, 6.07) is 4.73. The molecule has 3 rings (SSSR count). The van der Waals surface area contributed by atoms with Gasteiger partial charge in [-0.2, -0.15) is 0 Å². The molecule has 0 bridgehead atoms. The average molecular weight is 477 g/mol. The quantitative estimate of drug-likeness (QED) is 0.337. The number of halogens is 1. The van der Waals surface area contributed by atoms with E-state index in [0.717, 1.165) is 29.1 Å². The first-order valence-corrected chi connectivity index (χ1v) is 11.9. The van der Waals surface area contributed by atoms with Crippen molar-refractivity contribution in [1.82, 2.24) is 9.80 Å². The number of carbonyl (C=O) groups excluding carboxylic acids is 2. The van der Waals surface area contributed by atoms with Gasteiger partial charge in [0.15, 0.2) is 0 Å². The number of thiophene rings is 1. The molecule has 1 saturated heterocycles. The highest BCUT2D eigenvalue weighted by atomic mass is 35.5. The van der Waals surface area contributed by atoms with E-state index in [1.54, 1.807) is 17.0 Å². The number of aryl methyl sites for hydroxylation is 2. The third-order valence-electron chi connectivity index (χ3n) is 5.89. The van der Waals surface area contributed by atoms with Gasteiger partial charge >= 0.3 is 0 Å². The van der Waals surface area contributed by atoms with Crippen molar-refractivity contribution >= 4 is 40.4 Å². The number of nitrogens with zero attached hydrogens (tertiary/aromatic N) is 2. The third-order valence-corrected chi connectivity index (χ3v) is 7.24. The molecule has 1 aromatic heterocycles. The van der Waals surface area contributed by atoms with Crippen molar-refractivity contribution < 1.29 is 19.4 Å². The van der Waals surface area contributed by atoms with Crippen LogP contribution in [0.2, 0.25) is 5.02 Å². The molecular formula is C24H29ClN2O4S. The topological polar surface area (TPSA) is 70.1 Å². The van der Waals surface area contributed by atoms with Gasteiger partial charge in [-0.05, 0) is 61.6 Å². The molecule has 1 aliphatic heterocycles. The van der Waals surface area contributed by atoms with Gasteiger partial charge in [-0.1, -0.05) is 25.4 Å². The van der Waals surface area contributed by atoms with Crippen LogP contribution in [0, 0.1) is 13.8 Å². The molecule has 1 N–H and O–H groups in total. The first-order valence-electron chi connectivity index (χ1n) is 10.6. The molecule has 1 atom stereocenters. The summed E-state index contributed by atoms with van der Waals surface area (Å²) >= 11 is 7.80. The molecule has 172 valence electrons. The van der Waals surface area contributed by atoms with Crippen LogP contribution in [-0.4, -0.2) is 59.9 Å². The van der Waals surface area contributed by atoms with E-state index in [0.29, 0.717) is 23.7 Å².